The lowest BCUT2D eigenvalue weighted by atomic mass is 10.1. The second-order valence-corrected chi connectivity index (χ2v) is 3.96. The van der Waals surface area contributed by atoms with Crippen LogP contribution in [-0.2, 0) is 4.79 Å². The standard InChI is InChI=1S/C11H13N3O2/c1-7-6-14(11(16)13-10(7)15)9-4-3-8(2)12-5-9/h3-5,7H,6H2,1-2H3,(H,13,15,16). The first-order valence-corrected chi connectivity index (χ1v) is 5.13. The normalized spacial score (nSPS) is 20.9. The summed E-state index contributed by atoms with van der Waals surface area (Å²) in [6.45, 7) is 4.07. The Hall–Kier alpha value is -1.91. The smallest absolute Gasteiger partial charge is 0.292 e. The maximum Gasteiger partial charge on any atom is 0.328 e. The minimum Gasteiger partial charge on any atom is -0.292 e. The number of rotatable bonds is 1. The molecule has 1 aromatic heterocycles. The van der Waals surface area contributed by atoms with Gasteiger partial charge in [-0.05, 0) is 19.1 Å². The first kappa shape index (κ1) is 10.6. The van der Waals surface area contributed by atoms with Gasteiger partial charge >= 0.3 is 6.03 Å². The van der Waals surface area contributed by atoms with Crippen LogP contribution < -0.4 is 10.2 Å². The summed E-state index contributed by atoms with van der Waals surface area (Å²) in [5.41, 5.74) is 1.60. The molecule has 2 rings (SSSR count). The Kier molecular flexibility index (Phi) is 2.60. The number of aromatic nitrogens is 1. The Labute approximate surface area is 93.5 Å². The molecule has 84 valence electrons. The topological polar surface area (TPSA) is 62.3 Å². The monoisotopic (exact) mass is 219 g/mol. The third-order valence-corrected chi connectivity index (χ3v) is 2.59. The van der Waals surface area contributed by atoms with Crippen molar-refractivity contribution in [1.82, 2.24) is 10.3 Å². The molecule has 1 aromatic rings. The van der Waals surface area contributed by atoms with Crippen LogP contribution >= 0.6 is 0 Å². The maximum absolute atomic E-state index is 11.6. The minimum absolute atomic E-state index is 0.195. The molecule has 1 aliphatic rings. The second-order valence-electron chi connectivity index (χ2n) is 3.96. The van der Waals surface area contributed by atoms with Crippen LogP contribution in [0.3, 0.4) is 0 Å². The summed E-state index contributed by atoms with van der Waals surface area (Å²) in [6, 6.07) is 3.28. The van der Waals surface area contributed by atoms with Crippen molar-refractivity contribution in [2.75, 3.05) is 11.4 Å². The highest BCUT2D eigenvalue weighted by Gasteiger charge is 2.29. The quantitative estimate of drug-likeness (QED) is 0.768. The molecule has 0 bridgehead atoms. The molecular formula is C11H13N3O2. The van der Waals surface area contributed by atoms with E-state index in [9.17, 15) is 9.59 Å². The summed E-state index contributed by atoms with van der Waals surface area (Å²) >= 11 is 0. The highest BCUT2D eigenvalue weighted by atomic mass is 16.2. The van der Waals surface area contributed by atoms with Crippen LogP contribution in [0.25, 0.3) is 0 Å². The van der Waals surface area contributed by atoms with Crippen molar-refractivity contribution >= 4 is 17.6 Å². The van der Waals surface area contributed by atoms with Gasteiger partial charge in [0.05, 0.1) is 17.8 Å². The zero-order chi connectivity index (χ0) is 11.7. The van der Waals surface area contributed by atoms with E-state index >= 15 is 0 Å². The van der Waals surface area contributed by atoms with Gasteiger partial charge in [0, 0.05) is 12.2 Å². The molecule has 5 heteroatoms. The number of imide groups is 1. The molecule has 1 saturated heterocycles. The number of amides is 3. The van der Waals surface area contributed by atoms with Crippen molar-refractivity contribution in [2.45, 2.75) is 13.8 Å². The fraction of sp³-hybridized carbons (Fsp3) is 0.364. The summed E-state index contributed by atoms with van der Waals surface area (Å²) in [7, 11) is 0. The summed E-state index contributed by atoms with van der Waals surface area (Å²) in [4.78, 5) is 28.5. The molecule has 1 unspecified atom stereocenters. The Morgan fingerprint density at radius 3 is 2.81 bits per heavy atom. The lowest BCUT2D eigenvalue weighted by molar-refractivity contribution is -0.123. The van der Waals surface area contributed by atoms with Gasteiger partial charge in [-0.25, -0.2) is 4.79 Å². The zero-order valence-electron chi connectivity index (χ0n) is 9.23. The van der Waals surface area contributed by atoms with E-state index in [0.717, 1.165) is 5.69 Å². The maximum atomic E-state index is 11.6. The lowest BCUT2D eigenvalue weighted by Gasteiger charge is -2.30. The van der Waals surface area contributed by atoms with Gasteiger partial charge in [0.2, 0.25) is 5.91 Å². The van der Waals surface area contributed by atoms with E-state index in [1.54, 1.807) is 13.1 Å². The minimum atomic E-state index is -0.381. The van der Waals surface area contributed by atoms with Crippen LogP contribution in [0.2, 0.25) is 0 Å². The summed E-state index contributed by atoms with van der Waals surface area (Å²) < 4.78 is 0. The Morgan fingerprint density at radius 1 is 1.44 bits per heavy atom. The number of nitrogens with one attached hydrogen (secondary N) is 1. The molecule has 1 atom stereocenters. The predicted molar refractivity (Wildman–Crippen MR) is 59.0 cm³/mol. The number of carbonyl (C=O) groups excluding carboxylic acids is 2. The van der Waals surface area contributed by atoms with E-state index in [1.807, 2.05) is 19.1 Å². The SMILES string of the molecule is Cc1ccc(N2CC(C)C(=O)NC2=O)cn1. The van der Waals surface area contributed by atoms with E-state index in [1.165, 1.54) is 4.90 Å². The fourth-order valence-electron chi connectivity index (χ4n) is 1.58. The molecule has 3 amide bonds. The molecule has 0 aromatic carbocycles. The molecule has 16 heavy (non-hydrogen) atoms. The van der Waals surface area contributed by atoms with Crippen molar-refractivity contribution < 1.29 is 9.59 Å². The van der Waals surface area contributed by atoms with Gasteiger partial charge in [0.1, 0.15) is 0 Å². The predicted octanol–water partition coefficient (Wildman–Crippen LogP) is 1.08. The number of hydrogen-bond donors (Lipinski definition) is 1. The molecular weight excluding hydrogens is 206 g/mol. The van der Waals surface area contributed by atoms with Gasteiger partial charge in [-0.1, -0.05) is 6.92 Å². The fourth-order valence-corrected chi connectivity index (χ4v) is 1.58. The summed E-state index contributed by atoms with van der Waals surface area (Å²) in [5, 5.41) is 2.31. The van der Waals surface area contributed by atoms with Crippen molar-refractivity contribution in [3.8, 4) is 0 Å². The number of aryl methyl sites for hydroxylation is 1. The van der Waals surface area contributed by atoms with Crippen molar-refractivity contribution in [3.63, 3.8) is 0 Å². The molecule has 1 aliphatic heterocycles. The number of carbonyl (C=O) groups is 2. The molecule has 0 spiro atoms. The van der Waals surface area contributed by atoms with Crippen LogP contribution in [0, 0.1) is 12.8 Å². The van der Waals surface area contributed by atoms with Gasteiger partial charge in [-0.15, -0.1) is 0 Å². The molecule has 2 heterocycles. The van der Waals surface area contributed by atoms with Gasteiger partial charge < -0.3 is 0 Å². The lowest BCUT2D eigenvalue weighted by Crippen LogP contribution is -2.53. The Balaban J connectivity index is 2.24. The first-order chi connectivity index (χ1) is 7.58. The number of nitrogens with zero attached hydrogens (tertiary/aromatic N) is 2. The Bertz CT molecular complexity index is 427. The average Bonchev–Trinajstić information content (AvgIpc) is 2.25. The van der Waals surface area contributed by atoms with Crippen molar-refractivity contribution in [3.05, 3.63) is 24.0 Å². The third-order valence-electron chi connectivity index (χ3n) is 2.59. The molecule has 1 fully saturated rings. The van der Waals surface area contributed by atoms with Crippen molar-refractivity contribution in [1.29, 1.82) is 0 Å². The van der Waals surface area contributed by atoms with E-state index in [2.05, 4.69) is 10.3 Å². The van der Waals surface area contributed by atoms with Gasteiger partial charge in [-0.3, -0.25) is 20.0 Å². The molecule has 0 aliphatic carbocycles. The van der Waals surface area contributed by atoms with Crippen LogP contribution in [-0.4, -0.2) is 23.5 Å². The van der Waals surface area contributed by atoms with E-state index in [-0.39, 0.29) is 17.9 Å². The van der Waals surface area contributed by atoms with Gasteiger partial charge in [-0.2, -0.15) is 0 Å². The first-order valence-electron chi connectivity index (χ1n) is 5.13. The van der Waals surface area contributed by atoms with Crippen LogP contribution in [0.1, 0.15) is 12.6 Å². The second kappa shape index (κ2) is 3.92. The van der Waals surface area contributed by atoms with E-state index in [4.69, 9.17) is 0 Å². The summed E-state index contributed by atoms with van der Waals surface area (Å²) in [6.07, 6.45) is 1.64. The van der Waals surface area contributed by atoms with Crippen LogP contribution in [0.5, 0.6) is 0 Å². The Morgan fingerprint density at radius 2 is 2.19 bits per heavy atom. The molecule has 5 nitrogen and oxygen atoms in total. The largest absolute Gasteiger partial charge is 0.328 e. The highest BCUT2D eigenvalue weighted by molar-refractivity contribution is 6.06. The van der Waals surface area contributed by atoms with E-state index < -0.39 is 0 Å². The van der Waals surface area contributed by atoms with Crippen molar-refractivity contribution in [2.24, 2.45) is 5.92 Å². The highest BCUT2D eigenvalue weighted by Crippen LogP contribution is 2.18. The number of hydrogen-bond acceptors (Lipinski definition) is 3. The van der Waals surface area contributed by atoms with Gasteiger partial charge in [0.15, 0.2) is 0 Å². The zero-order valence-corrected chi connectivity index (χ0v) is 9.23. The average molecular weight is 219 g/mol. The van der Waals surface area contributed by atoms with Crippen LogP contribution in [0.15, 0.2) is 18.3 Å². The molecule has 0 saturated carbocycles. The molecule has 0 radical (unpaired) electrons. The number of anilines is 1. The third kappa shape index (κ3) is 1.88. The number of pyridine rings is 1. The summed E-state index contributed by atoms with van der Waals surface area (Å²) in [5.74, 6) is -0.416. The van der Waals surface area contributed by atoms with Crippen LogP contribution in [0.4, 0.5) is 10.5 Å². The molecule has 1 N–H and O–H groups in total. The van der Waals surface area contributed by atoms with Gasteiger partial charge in [0.25, 0.3) is 0 Å². The number of urea groups is 1. The van der Waals surface area contributed by atoms with E-state index in [0.29, 0.717) is 12.2 Å².